The SMILES string of the molecule is O=P(O)(O)O.[Ba+2].[H-].[H-].[SiH4].[Zr]. The molecule has 0 saturated carbocycles. The zero-order valence-corrected chi connectivity index (χ0v) is 11.2. The van der Waals surface area contributed by atoms with Crippen LogP contribution in [0.4, 0.5) is 0 Å². The normalized spacial score (nSPS) is 7.38. The zero-order valence-electron chi connectivity index (χ0n) is 5.40. The van der Waals surface area contributed by atoms with E-state index in [1.165, 1.54) is 0 Å². The summed E-state index contributed by atoms with van der Waals surface area (Å²) in [6, 6.07) is 0. The molecule has 0 fully saturated rings. The molecule has 0 saturated heterocycles. The van der Waals surface area contributed by atoms with Crippen molar-refractivity contribution in [3.63, 3.8) is 0 Å². The minimum atomic E-state index is -4.64. The van der Waals surface area contributed by atoms with E-state index in [1.54, 1.807) is 0 Å². The quantitative estimate of drug-likeness (QED) is 0.329. The molecular formula is H9BaO4PSiZr. The fraction of sp³-hybridized carbons (Fsp3) is 0. The van der Waals surface area contributed by atoms with Crippen LogP contribution in [0.1, 0.15) is 2.85 Å². The maximum absolute atomic E-state index is 8.88. The van der Waals surface area contributed by atoms with Crippen LogP contribution in [0.2, 0.25) is 0 Å². The van der Waals surface area contributed by atoms with Gasteiger partial charge < -0.3 is 17.5 Å². The average Bonchev–Trinajstić information content (AvgIpc) is 0.722. The van der Waals surface area contributed by atoms with Crippen molar-refractivity contribution < 1.29 is 48.3 Å². The summed E-state index contributed by atoms with van der Waals surface area (Å²) >= 11 is 0. The van der Waals surface area contributed by atoms with Gasteiger partial charge in [-0.25, -0.2) is 4.57 Å². The van der Waals surface area contributed by atoms with Gasteiger partial charge in [-0.2, -0.15) is 0 Å². The number of phosphoric acid groups is 1. The van der Waals surface area contributed by atoms with Gasteiger partial charge in [0.15, 0.2) is 0 Å². The molecule has 0 aliphatic rings. The van der Waals surface area contributed by atoms with Gasteiger partial charge in [0.1, 0.15) is 0 Å². The average molecular weight is 361 g/mol. The molecule has 0 aromatic carbocycles. The van der Waals surface area contributed by atoms with Crippen molar-refractivity contribution in [3.8, 4) is 0 Å². The molecule has 0 atom stereocenters. The number of hydrogen-bond acceptors (Lipinski definition) is 1. The Kier molecular flexibility index (Phi) is 27.4. The second-order valence-electron chi connectivity index (χ2n) is 0.513. The van der Waals surface area contributed by atoms with Gasteiger partial charge in [0.05, 0.1) is 0 Å². The van der Waals surface area contributed by atoms with Crippen LogP contribution >= 0.6 is 7.82 Å². The minimum Gasteiger partial charge on any atom is -1.00 e. The molecule has 0 radical (unpaired) electrons. The van der Waals surface area contributed by atoms with Crippen molar-refractivity contribution in [1.29, 1.82) is 0 Å². The number of hydrogen-bond donors (Lipinski definition) is 3. The fourth-order valence-electron chi connectivity index (χ4n) is 0. The topological polar surface area (TPSA) is 77.8 Å². The van der Waals surface area contributed by atoms with Gasteiger partial charge in [-0.15, -0.1) is 0 Å². The second kappa shape index (κ2) is 9.78. The van der Waals surface area contributed by atoms with Gasteiger partial charge in [-0.1, -0.05) is 0 Å². The Labute approximate surface area is 114 Å². The molecule has 8 heteroatoms. The van der Waals surface area contributed by atoms with E-state index in [1.807, 2.05) is 0 Å². The molecule has 8 heavy (non-hydrogen) atoms. The Bertz CT molecular complexity index is 69.4. The number of rotatable bonds is 0. The van der Waals surface area contributed by atoms with Gasteiger partial charge in [-0.05, 0) is 11.0 Å². The smallest absolute Gasteiger partial charge is 1.00 e. The summed E-state index contributed by atoms with van der Waals surface area (Å²) in [6.45, 7) is 0. The predicted molar refractivity (Wildman–Crippen MR) is 33.6 cm³/mol. The van der Waals surface area contributed by atoms with Crippen LogP contribution in [0.3, 0.4) is 0 Å². The Morgan fingerprint density at radius 3 is 1.25 bits per heavy atom. The molecule has 0 aliphatic heterocycles. The molecule has 0 spiro atoms. The molecule has 0 aromatic rings. The van der Waals surface area contributed by atoms with Gasteiger partial charge >= 0.3 is 56.7 Å². The van der Waals surface area contributed by atoms with Crippen molar-refractivity contribution in [2.24, 2.45) is 0 Å². The van der Waals surface area contributed by atoms with Gasteiger partial charge in [0, 0.05) is 26.2 Å². The van der Waals surface area contributed by atoms with E-state index in [2.05, 4.69) is 0 Å². The Hall–Kier alpha value is 2.78. The largest absolute Gasteiger partial charge is 2.00 e. The van der Waals surface area contributed by atoms with Crippen LogP contribution in [0.25, 0.3) is 0 Å². The molecule has 0 heterocycles. The molecular weight excluding hydrogens is 352 g/mol. The van der Waals surface area contributed by atoms with Crippen molar-refractivity contribution in [3.05, 3.63) is 0 Å². The second-order valence-corrected chi connectivity index (χ2v) is 1.54. The van der Waals surface area contributed by atoms with Crippen molar-refractivity contribution in [2.75, 3.05) is 0 Å². The molecule has 0 rings (SSSR count). The van der Waals surface area contributed by atoms with Crippen LogP contribution in [-0.2, 0) is 30.8 Å². The Morgan fingerprint density at radius 1 is 1.25 bits per heavy atom. The monoisotopic (exact) mass is 360 g/mol. The molecule has 0 aromatic heterocycles. The van der Waals surface area contributed by atoms with Gasteiger partial charge in [0.25, 0.3) is 0 Å². The van der Waals surface area contributed by atoms with E-state index < -0.39 is 7.82 Å². The summed E-state index contributed by atoms with van der Waals surface area (Å²) in [5.74, 6) is 0. The van der Waals surface area contributed by atoms with Crippen LogP contribution in [0.5, 0.6) is 0 Å². The summed E-state index contributed by atoms with van der Waals surface area (Å²) in [5.41, 5.74) is 0. The molecule has 3 N–H and O–H groups in total. The van der Waals surface area contributed by atoms with Crippen molar-refractivity contribution in [1.82, 2.24) is 0 Å². The third-order valence-electron chi connectivity index (χ3n) is 0. The molecule has 4 nitrogen and oxygen atoms in total. The third-order valence-corrected chi connectivity index (χ3v) is 0. The van der Waals surface area contributed by atoms with Crippen LogP contribution in [0.15, 0.2) is 0 Å². The van der Waals surface area contributed by atoms with Crippen molar-refractivity contribution >= 4 is 67.7 Å². The molecule has 48 valence electrons. The van der Waals surface area contributed by atoms with E-state index in [-0.39, 0.29) is 88.9 Å². The van der Waals surface area contributed by atoms with E-state index in [0.717, 1.165) is 0 Å². The van der Waals surface area contributed by atoms with E-state index in [9.17, 15) is 0 Å². The standard InChI is InChI=1S/Ba.H3O4P.H4Si.Zr.2H/c;1-5(2,3)4;;;;/h;(H3,1,2,3,4);1H4;;;/q+2;;;;2*-1. The zero-order chi connectivity index (χ0) is 4.50. The minimum absolute atomic E-state index is 0. The summed E-state index contributed by atoms with van der Waals surface area (Å²) in [7, 11) is -4.64. The summed E-state index contributed by atoms with van der Waals surface area (Å²) in [6.07, 6.45) is 0. The predicted octanol–water partition coefficient (Wildman–Crippen LogP) is -2.54. The fourth-order valence-corrected chi connectivity index (χ4v) is 0. The van der Waals surface area contributed by atoms with Gasteiger partial charge in [0.2, 0.25) is 0 Å². The molecule has 0 bridgehead atoms. The van der Waals surface area contributed by atoms with E-state index in [0.29, 0.717) is 0 Å². The van der Waals surface area contributed by atoms with Crippen LogP contribution < -0.4 is 0 Å². The Balaban J connectivity index is -0.00000000800. The first-order valence-corrected chi connectivity index (χ1v) is 2.35. The third kappa shape index (κ3) is 68.7. The first kappa shape index (κ1) is 22.4. The van der Waals surface area contributed by atoms with E-state index >= 15 is 0 Å². The summed E-state index contributed by atoms with van der Waals surface area (Å²) in [4.78, 5) is 21.6. The summed E-state index contributed by atoms with van der Waals surface area (Å²) < 4.78 is 8.88. The van der Waals surface area contributed by atoms with Crippen LogP contribution in [-0.4, -0.2) is 74.5 Å². The maximum atomic E-state index is 8.88. The Morgan fingerprint density at radius 2 is 1.25 bits per heavy atom. The van der Waals surface area contributed by atoms with Crippen molar-refractivity contribution in [2.45, 2.75) is 0 Å². The first-order chi connectivity index (χ1) is 2.00. The van der Waals surface area contributed by atoms with Crippen LogP contribution in [0, 0.1) is 0 Å². The molecule has 0 aliphatic carbocycles. The molecule has 0 amide bonds. The van der Waals surface area contributed by atoms with E-state index in [4.69, 9.17) is 19.2 Å². The summed E-state index contributed by atoms with van der Waals surface area (Å²) in [5, 5.41) is 0. The maximum Gasteiger partial charge on any atom is 2.00 e. The van der Waals surface area contributed by atoms with Gasteiger partial charge in [-0.3, -0.25) is 0 Å². The molecule has 0 unspecified atom stereocenters. The first-order valence-electron chi connectivity index (χ1n) is 0.783.